The van der Waals surface area contributed by atoms with Crippen LogP contribution < -0.4 is 0 Å². The number of methoxy groups -OCH3 is 1. The molecule has 0 saturated carbocycles. The van der Waals surface area contributed by atoms with E-state index in [0.29, 0.717) is 0 Å². The molecule has 0 heterocycles. The van der Waals surface area contributed by atoms with Crippen molar-refractivity contribution >= 4 is 15.8 Å². The van der Waals surface area contributed by atoms with Gasteiger partial charge in [-0.3, -0.25) is 0 Å². The minimum absolute atomic E-state index is 0.00323. The van der Waals surface area contributed by atoms with Crippen molar-refractivity contribution in [3.63, 3.8) is 0 Å². The van der Waals surface area contributed by atoms with E-state index in [-0.39, 0.29) is 28.4 Å². The van der Waals surface area contributed by atoms with Crippen LogP contribution in [0.3, 0.4) is 0 Å². The summed E-state index contributed by atoms with van der Waals surface area (Å²) in [5.41, 5.74) is 0.264. The van der Waals surface area contributed by atoms with Crippen LogP contribution in [0.5, 0.6) is 0 Å². The Bertz CT molecular complexity index is 519. The Kier molecular flexibility index (Phi) is 4.25. The van der Waals surface area contributed by atoms with Gasteiger partial charge in [0.1, 0.15) is 0 Å². The van der Waals surface area contributed by atoms with Crippen LogP contribution in [0.15, 0.2) is 23.1 Å². The number of benzene rings is 1. The minimum atomic E-state index is -3.50. The molecule has 6 heteroatoms. The predicted octanol–water partition coefficient (Wildman–Crippen LogP) is 1.11. The molecule has 1 rings (SSSR count). The Morgan fingerprint density at radius 2 is 2.06 bits per heavy atom. The molecular formula is C11H14O5S. The number of carboxylic acid groups (broad SMARTS) is 1. The topological polar surface area (TPSA) is 80.7 Å². The van der Waals surface area contributed by atoms with Gasteiger partial charge in [-0.1, -0.05) is 6.07 Å². The molecule has 0 aliphatic heterocycles. The second kappa shape index (κ2) is 5.29. The lowest BCUT2D eigenvalue weighted by Gasteiger charge is -2.09. The predicted molar refractivity (Wildman–Crippen MR) is 62.1 cm³/mol. The van der Waals surface area contributed by atoms with Gasteiger partial charge in [0.2, 0.25) is 0 Å². The van der Waals surface area contributed by atoms with Crippen LogP contribution in [0.4, 0.5) is 0 Å². The van der Waals surface area contributed by atoms with Gasteiger partial charge < -0.3 is 9.84 Å². The number of carbonyl (C=O) groups is 1. The lowest BCUT2D eigenvalue weighted by Crippen LogP contribution is -2.14. The van der Waals surface area contributed by atoms with Crippen molar-refractivity contribution < 1.29 is 23.1 Å². The molecule has 0 aromatic heterocycles. The first-order valence-corrected chi connectivity index (χ1v) is 6.60. The van der Waals surface area contributed by atoms with Gasteiger partial charge in [0, 0.05) is 7.11 Å². The SMILES string of the molecule is COCCS(=O)(=O)c1cccc(C(=O)O)c1C. The molecule has 0 saturated heterocycles. The maximum absolute atomic E-state index is 11.9. The molecule has 0 radical (unpaired) electrons. The fraction of sp³-hybridized carbons (Fsp3) is 0.364. The van der Waals surface area contributed by atoms with Gasteiger partial charge in [0.05, 0.1) is 22.8 Å². The van der Waals surface area contributed by atoms with Gasteiger partial charge in [-0.2, -0.15) is 0 Å². The van der Waals surface area contributed by atoms with Gasteiger partial charge in [0.15, 0.2) is 9.84 Å². The van der Waals surface area contributed by atoms with E-state index in [1.165, 1.54) is 32.2 Å². The zero-order valence-electron chi connectivity index (χ0n) is 9.63. The van der Waals surface area contributed by atoms with E-state index in [1.807, 2.05) is 0 Å². The van der Waals surface area contributed by atoms with Crippen LogP contribution in [-0.2, 0) is 14.6 Å². The molecule has 0 fully saturated rings. The molecule has 0 bridgehead atoms. The lowest BCUT2D eigenvalue weighted by molar-refractivity contribution is 0.0696. The van der Waals surface area contributed by atoms with Gasteiger partial charge in [0.25, 0.3) is 0 Å². The van der Waals surface area contributed by atoms with Crippen molar-refractivity contribution in [3.05, 3.63) is 29.3 Å². The smallest absolute Gasteiger partial charge is 0.335 e. The number of sulfone groups is 1. The zero-order chi connectivity index (χ0) is 13.1. The van der Waals surface area contributed by atoms with Crippen LogP contribution in [0.2, 0.25) is 0 Å². The molecule has 17 heavy (non-hydrogen) atoms. The quantitative estimate of drug-likeness (QED) is 0.855. The third-order valence-electron chi connectivity index (χ3n) is 2.41. The lowest BCUT2D eigenvalue weighted by atomic mass is 10.1. The summed E-state index contributed by atoms with van der Waals surface area (Å²) in [6.45, 7) is 1.57. The summed E-state index contributed by atoms with van der Waals surface area (Å²) in [7, 11) is -2.08. The molecule has 0 amide bonds. The van der Waals surface area contributed by atoms with E-state index in [2.05, 4.69) is 0 Å². The Balaban J connectivity index is 3.24. The van der Waals surface area contributed by atoms with Crippen LogP contribution in [0.1, 0.15) is 15.9 Å². The Labute approximate surface area is 100.0 Å². The van der Waals surface area contributed by atoms with Crippen molar-refractivity contribution in [2.24, 2.45) is 0 Å². The van der Waals surface area contributed by atoms with Crippen molar-refractivity contribution in [2.75, 3.05) is 19.5 Å². The highest BCUT2D eigenvalue weighted by Gasteiger charge is 2.20. The van der Waals surface area contributed by atoms with Crippen molar-refractivity contribution in [3.8, 4) is 0 Å². The van der Waals surface area contributed by atoms with E-state index in [9.17, 15) is 13.2 Å². The summed E-state index contributed by atoms with van der Waals surface area (Å²) in [5, 5.41) is 8.91. The van der Waals surface area contributed by atoms with E-state index < -0.39 is 15.8 Å². The highest BCUT2D eigenvalue weighted by molar-refractivity contribution is 7.91. The molecule has 5 nitrogen and oxygen atoms in total. The fourth-order valence-electron chi connectivity index (χ4n) is 1.49. The van der Waals surface area contributed by atoms with Crippen molar-refractivity contribution in [1.82, 2.24) is 0 Å². The zero-order valence-corrected chi connectivity index (χ0v) is 10.5. The van der Waals surface area contributed by atoms with E-state index >= 15 is 0 Å². The average molecular weight is 258 g/mol. The maximum atomic E-state index is 11.9. The van der Waals surface area contributed by atoms with Gasteiger partial charge in [-0.15, -0.1) is 0 Å². The normalized spacial score (nSPS) is 11.4. The summed E-state index contributed by atoms with van der Waals surface area (Å²) in [5.74, 6) is -1.29. The number of aromatic carboxylic acids is 1. The van der Waals surface area contributed by atoms with E-state index in [0.717, 1.165) is 0 Å². The number of carboxylic acids is 1. The molecule has 0 atom stereocenters. The molecule has 0 aliphatic carbocycles. The van der Waals surface area contributed by atoms with Crippen LogP contribution in [0, 0.1) is 6.92 Å². The standard InChI is InChI=1S/C11H14O5S/c1-8-9(11(12)13)4-3-5-10(8)17(14,15)7-6-16-2/h3-5H,6-7H2,1-2H3,(H,12,13). The number of hydrogen-bond donors (Lipinski definition) is 1. The molecule has 1 aromatic carbocycles. The van der Waals surface area contributed by atoms with Crippen LogP contribution in [-0.4, -0.2) is 39.0 Å². The van der Waals surface area contributed by atoms with Crippen molar-refractivity contribution in [2.45, 2.75) is 11.8 Å². The van der Waals surface area contributed by atoms with Crippen LogP contribution in [0.25, 0.3) is 0 Å². The summed E-state index contributed by atoms with van der Waals surface area (Å²) < 4.78 is 28.5. The summed E-state index contributed by atoms with van der Waals surface area (Å²) in [4.78, 5) is 10.9. The molecule has 0 unspecified atom stereocenters. The van der Waals surface area contributed by atoms with E-state index in [4.69, 9.17) is 9.84 Å². The third kappa shape index (κ3) is 3.04. The number of rotatable bonds is 5. The highest BCUT2D eigenvalue weighted by atomic mass is 32.2. The second-order valence-electron chi connectivity index (χ2n) is 3.55. The van der Waals surface area contributed by atoms with E-state index in [1.54, 1.807) is 0 Å². The Morgan fingerprint density at radius 1 is 1.41 bits per heavy atom. The highest BCUT2D eigenvalue weighted by Crippen LogP contribution is 2.20. The first-order valence-electron chi connectivity index (χ1n) is 4.94. The molecule has 1 N–H and O–H groups in total. The average Bonchev–Trinajstić information content (AvgIpc) is 2.26. The summed E-state index contributed by atoms with van der Waals surface area (Å²) in [6, 6.07) is 4.22. The largest absolute Gasteiger partial charge is 0.478 e. The van der Waals surface area contributed by atoms with Crippen LogP contribution >= 0.6 is 0 Å². The summed E-state index contributed by atoms with van der Waals surface area (Å²) >= 11 is 0. The molecule has 1 aromatic rings. The fourth-order valence-corrected chi connectivity index (χ4v) is 2.95. The van der Waals surface area contributed by atoms with Gasteiger partial charge in [-0.05, 0) is 24.6 Å². The third-order valence-corrected chi connectivity index (χ3v) is 4.22. The minimum Gasteiger partial charge on any atom is -0.478 e. The Hall–Kier alpha value is -1.40. The molecular weight excluding hydrogens is 244 g/mol. The van der Waals surface area contributed by atoms with Crippen molar-refractivity contribution in [1.29, 1.82) is 0 Å². The second-order valence-corrected chi connectivity index (χ2v) is 5.62. The molecule has 0 spiro atoms. The maximum Gasteiger partial charge on any atom is 0.335 e. The Morgan fingerprint density at radius 3 is 2.59 bits per heavy atom. The van der Waals surface area contributed by atoms with Gasteiger partial charge in [-0.25, -0.2) is 13.2 Å². The monoisotopic (exact) mass is 258 g/mol. The summed E-state index contributed by atoms with van der Waals surface area (Å²) in [6.07, 6.45) is 0. The van der Waals surface area contributed by atoms with Gasteiger partial charge >= 0.3 is 5.97 Å². The number of ether oxygens (including phenoxy) is 1. The molecule has 94 valence electrons. The first-order chi connectivity index (χ1) is 7.90. The first kappa shape index (κ1) is 13.7. The molecule has 0 aliphatic rings. The number of hydrogen-bond acceptors (Lipinski definition) is 4.